The minimum Gasteiger partial charge on any atom is -0.465 e. The van der Waals surface area contributed by atoms with Gasteiger partial charge in [0.15, 0.2) is 0 Å². The van der Waals surface area contributed by atoms with Gasteiger partial charge in [-0.1, -0.05) is 272 Å². The number of hydrogen-bond acceptors (Lipinski definition) is 6. The average molecular weight is 1050 g/mol. The van der Waals surface area contributed by atoms with E-state index in [0.717, 1.165) is 37.9 Å². The molecule has 0 saturated carbocycles. The van der Waals surface area contributed by atoms with Gasteiger partial charge in [0, 0.05) is 38.2 Å². The summed E-state index contributed by atoms with van der Waals surface area (Å²) in [7, 11) is 0. The average Bonchev–Trinajstić information content (AvgIpc) is 3.83. The molecule has 7 nitrogen and oxygen atoms in total. The molecule has 0 amide bonds. The second kappa shape index (κ2) is 55.4. The summed E-state index contributed by atoms with van der Waals surface area (Å²) in [5, 5.41) is 0. The van der Waals surface area contributed by atoms with Crippen molar-refractivity contribution in [1.29, 1.82) is 0 Å². The van der Waals surface area contributed by atoms with E-state index in [1.165, 1.54) is 289 Å². The van der Waals surface area contributed by atoms with Crippen molar-refractivity contribution in [2.75, 3.05) is 26.3 Å². The zero-order valence-electron chi connectivity index (χ0n) is 51.5. The van der Waals surface area contributed by atoms with Gasteiger partial charge in [0.2, 0.25) is 0 Å². The Kier molecular flexibility index (Phi) is 52.6. The van der Waals surface area contributed by atoms with Gasteiger partial charge in [-0.25, -0.2) is 4.98 Å². The van der Waals surface area contributed by atoms with Crippen molar-refractivity contribution in [3.05, 3.63) is 18.2 Å². The smallest absolute Gasteiger partial charge is 0.305 e. The number of rotatable bonds is 60. The van der Waals surface area contributed by atoms with Crippen molar-refractivity contribution in [2.45, 2.75) is 369 Å². The van der Waals surface area contributed by atoms with Gasteiger partial charge in [0.25, 0.3) is 0 Å². The van der Waals surface area contributed by atoms with E-state index >= 15 is 0 Å². The first-order valence-electron chi connectivity index (χ1n) is 33.9. The Morgan fingerprint density at radius 2 is 0.720 bits per heavy atom. The maximum absolute atomic E-state index is 12.8. The van der Waals surface area contributed by atoms with Crippen LogP contribution in [0.1, 0.15) is 355 Å². The van der Waals surface area contributed by atoms with E-state index in [1.54, 1.807) is 0 Å². The highest BCUT2D eigenvalue weighted by molar-refractivity contribution is 5.69. The van der Waals surface area contributed by atoms with Crippen LogP contribution in [0.5, 0.6) is 0 Å². The van der Waals surface area contributed by atoms with Gasteiger partial charge in [-0.3, -0.25) is 9.59 Å². The van der Waals surface area contributed by atoms with Crippen molar-refractivity contribution in [3.63, 3.8) is 0 Å². The Labute approximate surface area is 468 Å². The molecule has 0 aliphatic rings. The van der Waals surface area contributed by atoms with Crippen LogP contribution in [0.2, 0.25) is 0 Å². The van der Waals surface area contributed by atoms with Crippen molar-refractivity contribution < 1.29 is 19.1 Å². The Balaban J connectivity index is 2.65. The van der Waals surface area contributed by atoms with Crippen molar-refractivity contribution in [2.24, 2.45) is 11.8 Å². The molecule has 1 aromatic heterocycles. The topological polar surface area (TPSA) is 73.7 Å². The van der Waals surface area contributed by atoms with Crippen LogP contribution in [-0.2, 0) is 25.6 Å². The number of ether oxygens (including phenoxy) is 2. The summed E-state index contributed by atoms with van der Waals surface area (Å²) in [6.45, 7) is 18.3. The lowest BCUT2D eigenvalue weighted by Crippen LogP contribution is -2.37. The number of carbonyl (C=O) groups is 2. The first kappa shape index (κ1) is 71.1. The Bertz CT molecular complexity index is 1270. The second-order valence-corrected chi connectivity index (χ2v) is 24.0. The predicted octanol–water partition coefficient (Wildman–Crippen LogP) is 21.4. The fraction of sp³-hybridized carbons (Fsp3) is 0.926. The summed E-state index contributed by atoms with van der Waals surface area (Å²) < 4.78 is 14.1. The summed E-state index contributed by atoms with van der Waals surface area (Å²) in [4.78, 5) is 33.1. The fourth-order valence-electron chi connectivity index (χ4n) is 11.5. The normalized spacial score (nSPS) is 12.9. The maximum atomic E-state index is 12.8. The zero-order valence-corrected chi connectivity index (χ0v) is 51.5. The van der Waals surface area contributed by atoms with E-state index < -0.39 is 0 Å². The minimum atomic E-state index is 0.0322. The molecule has 0 aromatic carbocycles. The molecule has 0 saturated heterocycles. The summed E-state index contributed by atoms with van der Waals surface area (Å²) in [6, 6.07) is 0.650. The zero-order chi connectivity index (χ0) is 54.3. The van der Waals surface area contributed by atoms with E-state index in [9.17, 15) is 9.59 Å². The van der Waals surface area contributed by atoms with Crippen LogP contribution in [0.3, 0.4) is 0 Å². The number of unbranched alkanes of at least 4 members (excludes halogenated alkanes) is 33. The molecular formula is C68H131N3O4. The highest BCUT2D eigenvalue weighted by atomic mass is 16.5. The maximum Gasteiger partial charge on any atom is 0.305 e. The second-order valence-electron chi connectivity index (χ2n) is 24.0. The monoisotopic (exact) mass is 1050 g/mol. The van der Waals surface area contributed by atoms with Crippen LogP contribution < -0.4 is 0 Å². The number of nitrogens with zero attached hydrogens (tertiary/aromatic N) is 3. The SMILES string of the molecule is CCCCCCCCCCN(CCCn1cnc(C)c1)C(CCCCCCCCC(=O)OCC(CCCCCC)CCCCCCCC)CCCCCCCCC(=O)OCC(CCCCCC)CCCCCCCC. The number of imidazole rings is 1. The quantitative estimate of drug-likeness (QED) is 0.0478. The van der Waals surface area contributed by atoms with E-state index in [4.69, 9.17) is 9.47 Å². The van der Waals surface area contributed by atoms with Gasteiger partial charge in [-0.05, 0) is 89.5 Å². The summed E-state index contributed by atoms with van der Waals surface area (Å²) in [6.07, 6.45) is 65.6. The Morgan fingerprint density at radius 3 is 1.08 bits per heavy atom. The third-order valence-electron chi connectivity index (χ3n) is 16.6. The molecule has 0 spiro atoms. The molecule has 0 fully saturated rings. The molecule has 442 valence electrons. The van der Waals surface area contributed by atoms with Crippen LogP contribution in [0.4, 0.5) is 0 Å². The molecule has 1 heterocycles. The molecule has 0 radical (unpaired) electrons. The van der Waals surface area contributed by atoms with Gasteiger partial charge in [0.1, 0.15) is 0 Å². The molecule has 0 bridgehead atoms. The molecule has 75 heavy (non-hydrogen) atoms. The highest BCUT2D eigenvalue weighted by Crippen LogP contribution is 2.24. The van der Waals surface area contributed by atoms with Crippen molar-refractivity contribution in [1.82, 2.24) is 14.5 Å². The van der Waals surface area contributed by atoms with Crippen LogP contribution in [0.15, 0.2) is 12.5 Å². The number of esters is 2. The largest absolute Gasteiger partial charge is 0.465 e. The van der Waals surface area contributed by atoms with Gasteiger partial charge in [-0.15, -0.1) is 0 Å². The van der Waals surface area contributed by atoms with E-state index in [1.807, 2.05) is 6.33 Å². The van der Waals surface area contributed by atoms with E-state index in [0.29, 0.717) is 43.9 Å². The molecule has 0 aliphatic carbocycles. The van der Waals surface area contributed by atoms with Crippen molar-refractivity contribution >= 4 is 11.9 Å². The standard InChI is InChI=1S/C68H131N3O4/c1-7-12-17-22-25-30-37-46-57-71(58-47-56-70-59-63(6)69-62-70)66(52-42-33-26-28-35-44-54-67(72)74-60-64(48-38-20-15-10-4)50-40-31-23-18-13-8-2)53-43-34-27-29-36-45-55-68(73)75-61-65(49-39-21-16-11-5)51-41-32-24-19-14-9-3/h59,62,64-66H,7-58,60-61H2,1-6H3. The number of aryl methyl sites for hydroxylation is 2. The molecule has 2 atom stereocenters. The minimum absolute atomic E-state index is 0.0322. The molecule has 2 unspecified atom stereocenters. The lowest BCUT2D eigenvalue weighted by atomic mass is 9.95. The lowest BCUT2D eigenvalue weighted by Gasteiger charge is -2.32. The van der Waals surface area contributed by atoms with Gasteiger partial charge < -0.3 is 18.9 Å². The third kappa shape index (κ3) is 46.7. The van der Waals surface area contributed by atoms with Crippen molar-refractivity contribution in [3.8, 4) is 0 Å². The van der Waals surface area contributed by atoms with Crippen LogP contribution in [0.25, 0.3) is 0 Å². The summed E-state index contributed by atoms with van der Waals surface area (Å²) in [5.41, 5.74) is 1.11. The third-order valence-corrected chi connectivity index (χ3v) is 16.6. The first-order valence-corrected chi connectivity index (χ1v) is 33.9. The Morgan fingerprint density at radius 1 is 0.413 bits per heavy atom. The number of carbonyl (C=O) groups excluding carboxylic acids is 2. The molecule has 7 heteroatoms. The van der Waals surface area contributed by atoms with Gasteiger partial charge >= 0.3 is 11.9 Å². The van der Waals surface area contributed by atoms with Crippen LogP contribution in [-0.4, -0.2) is 58.7 Å². The van der Waals surface area contributed by atoms with Gasteiger partial charge in [-0.2, -0.15) is 0 Å². The van der Waals surface area contributed by atoms with Crippen LogP contribution >= 0.6 is 0 Å². The molecule has 1 rings (SSSR count). The van der Waals surface area contributed by atoms with E-state index in [-0.39, 0.29) is 11.9 Å². The van der Waals surface area contributed by atoms with Gasteiger partial charge in [0.05, 0.1) is 25.2 Å². The predicted molar refractivity (Wildman–Crippen MR) is 326 cm³/mol. The van der Waals surface area contributed by atoms with E-state index in [2.05, 4.69) is 62.2 Å². The summed E-state index contributed by atoms with van der Waals surface area (Å²) >= 11 is 0. The highest BCUT2D eigenvalue weighted by Gasteiger charge is 2.19. The Hall–Kier alpha value is -1.89. The fourth-order valence-corrected chi connectivity index (χ4v) is 11.5. The molecule has 0 aliphatic heterocycles. The summed E-state index contributed by atoms with van der Waals surface area (Å²) in [5.74, 6) is 1.15. The molecule has 1 aromatic rings. The first-order chi connectivity index (χ1) is 36.9. The lowest BCUT2D eigenvalue weighted by molar-refractivity contribution is -0.146. The number of aromatic nitrogens is 2. The molecule has 0 N–H and O–H groups in total. The molecular weight excluding hydrogens is 923 g/mol. The number of hydrogen-bond donors (Lipinski definition) is 0. The van der Waals surface area contributed by atoms with Crippen LogP contribution in [0, 0.1) is 18.8 Å².